The number of piperidine rings is 1. The van der Waals surface area contributed by atoms with Crippen LogP contribution < -0.4 is 4.90 Å². The third-order valence-electron chi connectivity index (χ3n) is 7.36. The zero-order chi connectivity index (χ0) is 24.5. The van der Waals surface area contributed by atoms with Gasteiger partial charge in [0.1, 0.15) is 17.8 Å². The van der Waals surface area contributed by atoms with Crippen LogP contribution in [0.3, 0.4) is 0 Å². The van der Waals surface area contributed by atoms with E-state index in [-0.39, 0.29) is 23.3 Å². The third-order valence-corrected chi connectivity index (χ3v) is 11.4. The summed E-state index contributed by atoms with van der Waals surface area (Å²) in [5, 5.41) is 0.991. The molecule has 1 N–H and O–H groups in total. The number of aromatic amines is 1. The minimum Gasteiger partial charge on any atom is -0.356 e. The van der Waals surface area contributed by atoms with Crippen molar-refractivity contribution in [3.63, 3.8) is 0 Å². The number of hydrogen-bond acceptors (Lipinski definition) is 7. The van der Waals surface area contributed by atoms with Gasteiger partial charge in [0, 0.05) is 46.5 Å². The van der Waals surface area contributed by atoms with Crippen LogP contribution in [0.1, 0.15) is 38.5 Å². The molecule has 2 aromatic rings. The highest BCUT2D eigenvalue weighted by molar-refractivity contribution is 7.89. The maximum Gasteiger partial charge on any atom is 0.214 e. The summed E-state index contributed by atoms with van der Waals surface area (Å²) < 4.78 is 53.7. The molecule has 0 radical (unpaired) electrons. The standard InChI is InChI=1S/C22H36N6O4S2/c1-26(2)33(29,30)15-18-5-4-12-28(13-18)34(31,32)14-17-6-8-19(9-7-17)27(3)22-20-10-11-23-21(20)24-16-25-22/h10-11,16-19H,4-9,12-15H2,1-3H3,(H,23,24,25). The smallest absolute Gasteiger partial charge is 0.214 e. The van der Waals surface area contributed by atoms with E-state index in [2.05, 4.69) is 19.9 Å². The first-order valence-corrected chi connectivity index (χ1v) is 15.2. The molecule has 1 saturated carbocycles. The number of anilines is 1. The second kappa shape index (κ2) is 10.1. The van der Waals surface area contributed by atoms with Gasteiger partial charge in [-0.25, -0.2) is 35.4 Å². The van der Waals surface area contributed by atoms with Crippen molar-refractivity contribution in [1.29, 1.82) is 0 Å². The quantitative estimate of drug-likeness (QED) is 0.573. The van der Waals surface area contributed by atoms with Gasteiger partial charge in [-0.2, -0.15) is 0 Å². The molecule has 0 aromatic carbocycles. The number of rotatable bonds is 8. The van der Waals surface area contributed by atoms with Gasteiger partial charge in [0.15, 0.2) is 0 Å². The Morgan fingerprint density at radius 1 is 1.00 bits per heavy atom. The molecule has 1 saturated heterocycles. The summed E-state index contributed by atoms with van der Waals surface area (Å²) in [6.45, 7) is 0.785. The molecule has 4 rings (SSSR count). The molecule has 10 nitrogen and oxygen atoms in total. The summed E-state index contributed by atoms with van der Waals surface area (Å²) in [5.41, 5.74) is 0.815. The van der Waals surface area contributed by atoms with E-state index in [1.807, 2.05) is 19.3 Å². The van der Waals surface area contributed by atoms with E-state index in [1.165, 1.54) is 22.7 Å². The molecule has 2 fully saturated rings. The number of hydrogen-bond donors (Lipinski definition) is 1. The first-order valence-electron chi connectivity index (χ1n) is 12.0. The Kier molecular flexibility index (Phi) is 7.51. The van der Waals surface area contributed by atoms with Gasteiger partial charge in [0.25, 0.3) is 0 Å². The maximum atomic E-state index is 13.2. The Bertz CT molecular complexity index is 1190. The number of sulfonamides is 2. The molecule has 34 heavy (non-hydrogen) atoms. The highest BCUT2D eigenvalue weighted by Gasteiger charge is 2.35. The van der Waals surface area contributed by atoms with Gasteiger partial charge >= 0.3 is 0 Å². The third kappa shape index (κ3) is 5.55. The van der Waals surface area contributed by atoms with E-state index in [9.17, 15) is 16.8 Å². The van der Waals surface area contributed by atoms with Crippen LogP contribution in [0, 0.1) is 11.8 Å². The van der Waals surface area contributed by atoms with Crippen molar-refractivity contribution in [2.75, 3.05) is 50.6 Å². The van der Waals surface area contributed by atoms with Crippen molar-refractivity contribution in [2.45, 2.75) is 44.6 Å². The van der Waals surface area contributed by atoms with Crippen molar-refractivity contribution >= 4 is 36.9 Å². The summed E-state index contributed by atoms with van der Waals surface area (Å²) in [5.74, 6) is 1.01. The highest BCUT2D eigenvalue weighted by atomic mass is 32.2. The second-order valence-corrected chi connectivity index (χ2v) is 14.2. The number of nitrogens with one attached hydrogen (secondary N) is 1. The van der Waals surface area contributed by atoms with Gasteiger partial charge < -0.3 is 9.88 Å². The molecule has 0 bridgehead atoms. The summed E-state index contributed by atoms with van der Waals surface area (Å²) in [6.07, 6.45) is 8.40. The molecule has 1 atom stereocenters. The Morgan fingerprint density at radius 2 is 1.74 bits per heavy atom. The summed E-state index contributed by atoms with van der Waals surface area (Å²) in [4.78, 5) is 14.1. The van der Waals surface area contributed by atoms with Gasteiger partial charge in [-0.15, -0.1) is 0 Å². The Hall–Kier alpha value is -1.76. The van der Waals surface area contributed by atoms with E-state index in [0.717, 1.165) is 49.0 Å². The lowest BCUT2D eigenvalue weighted by molar-refractivity contribution is 0.274. The first-order chi connectivity index (χ1) is 16.1. The lowest BCUT2D eigenvalue weighted by atomic mass is 9.86. The molecule has 0 spiro atoms. The fourth-order valence-electron chi connectivity index (χ4n) is 5.28. The average Bonchev–Trinajstić information content (AvgIpc) is 3.28. The van der Waals surface area contributed by atoms with Crippen LogP contribution in [-0.2, 0) is 20.0 Å². The van der Waals surface area contributed by atoms with Crippen LogP contribution in [0.2, 0.25) is 0 Å². The van der Waals surface area contributed by atoms with E-state index in [1.54, 1.807) is 6.33 Å². The van der Waals surface area contributed by atoms with Gasteiger partial charge in [-0.1, -0.05) is 0 Å². The minimum atomic E-state index is -3.42. The van der Waals surface area contributed by atoms with Crippen LogP contribution in [0.15, 0.2) is 18.6 Å². The van der Waals surface area contributed by atoms with Crippen LogP contribution in [0.5, 0.6) is 0 Å². The Balaban J connectivity index is 1.33. The molecular weight excluding hydrogens is 476 g/mol. The largest absolute Gasteiger partial charge is 0.356 e. The van der Waals surface area contributed by atoms with Crippen molar-refractivity contribution in [1.82, 2.24) is 23.6 Å². The predicted octanol–water partition coefficient (Wildman–Crippen LogP) is 1.89. The number of aromatic nitrogens is 3. The average molecular weight is 513 g/mol. The summed E-state index contributed by atoms with van der Waals surface area (Å²) in [6, 6.07) is 2.29. The van der Waals surface area contributed by atoms with E-state index in [0.29, 0.717) is 25.6 Å². The fourth-order valence-corrected chi connectivity index (χ4v) is 8.43. The molecular formula is C22H36N6O4S2. The predicted molar refractivity (Wildman–Crippen MR) is 134 cm³/mol. The number of nitrogens with zero attached hydrogens (tertiary/aromatic N) is 5. The zero-order valence-corrected chi connectivity index (χ0v) is 21.9. The SMILES string of the molecule is CN(c1ncnc2[nH]ccc12)C1CCC(CS(=O)(=O)N2CCCC(CS(=O)(=O)N(C)C)C2)CC1. The first kappa shape index (κ1) is 25.3. The molecule has 190 valence electrons. The summed E-state index contributed by atoms with van der Waals surface area (Å²) in [7, 11) is -1.67. The van der Waals surface area contributed by atoms with Crippen LogP contribution >= 0.6 is 0 Å². The minimum absolute atomic E-state index is 0.000909. The Morgan fingerprint density at radius 3 is 2.44 bits per heavy atom. The molecule has 1 aliphatic heterocycles. The molecule has 2 aliphatic rings. The molecule has 3 heterocycles. The zero-order valence-electron chi connectivity index (χ0n) is 20.2. The molecule has 2 aromatic heterocycles. The molecule has 12 heteroatoms. The Labute approximate surface area is 202 Å². The van der Waals surface area contributed by atoms with Gasteiger partial charge in [0.2, 0.25) is 20.0 Å². The van der Waals surface area contributed by atoms with E-state index < -0.39 is 20.0 Å². The van der Waals surface area contributed by atoms with Crippen LogP contribution in [-0.4, -0.2) is 92.2 Å². The molecule has 1 unspecified atom stereocenters. The van der Waals surface area contributed by atoms with Gasteiger partial charge in [-0.05, 0) is 56.4 Å². The summed E-state index contributed by atoms with van der Waals surface area (Å²) >= 11 is 0. The normalized spacial score (nSPS) is 25.1. The molecule has 1 aliphatic carbocycles. The van der Waals surface area contributed by atoms with Crippen molar-refractivity contribution in [3.05, 3.63) is 18.6 Å². The number of fused-ring (bicyclic) bond motifs is 1. The topological polar surface area (TPSA) is 120 Å². The monoisotopic (exact) mass is 512 g/mol. The lowest BCUT2D eigenvalue weighted by Gasteiger charge is -2.37. The number of H-pyrrole nitrogens is 1. The van der Waals surface area contributed by atoms with E-state index in [4.69, 9.17) is 0 Å². The maximum absolute atomic E-state index is 13.2. The highest BCUT2D eigenvalue weighted by Crippen LogP contribution is 2.33. The van der Waals surface area contributed by atoms with Crippen molar-refractivity contribution < 1.29 is 16.8 Å². The van der Waals surface area contributed by atoms with E-state index >= 15 is 0 Å². The van der Waals surface area contributed by atoms with Crippen LogP contribution in [0.4, 0.5) is 5.82 Å². The second-order valence-electron chi connectivity index (χ2n) is 9.93. The molecule has 0 amide bonds. The fraction of sp³-hybridized carbons (Fsp3) is 0.727. The lowest BCUT2D eigenvalue weighted by Crippen LogP contribution is -2.45. The van der Waals surface area contributed by atoms with Crippen molar-refractivity contribution in [3.8, 4) is 0 Å². The van der Waals surface area contributed by atoms with Gasteiger partial charge in [-0.3, -0.25) is 0 Å². The van der Waals surface area contributed by atoms with Gasteiger partial charge in [0.05, 0.1) is 16.9 Å². The van der Waals surface area contributed by atoms with Crippen molar-refractivity contribution in [2.24, 2.45) is 11.8 Å². The van der Waals surface area contributed by atoms with Crippen LogP contribution in [0.25, 0.3) is 11.0 Å².